The highest BCUT2D eigenvalue weighted by Crippen LogP contribution is 2.35. The van der Waals surface area contributed by atoms with Crippen LogP contribution in [0.2, 0.25) is 0 Å². The minimum absolute atomic E-state index is 0.0473. The van der Waals surface area contributed by atoms with E-state index in [2.05, 4.69) is 32.1 Å². The highest BCUT2D eigenvalue weighted by molar-refractivity contribution is 5.26. The zero-order valence-corrected chi connectivity index (χ0v) is 10.8. The minimum atomic E-state index is 0.0473. The molecular weight excluding hydrogens is 196 g/mol. The van der Waals surface area contributed by atoms with E-state index < -0.39 is 0 Å². The summed E-state index contributed by atoms with van der Waals surface area (Å²) in [5.41, 5.74) is 1.51. The zero-order chi connectivity index (χ0) is 11.9. The summed E-state index contributed by atoms with van der Waals surface area (Å²) >= 11 is 0. The van der Waals surface area contributed by atoms with Gasteiger partial charge in [-0.3, -0.25) is 0 Å². The first-order valence-corrected chi connectivity index (χ1v) is 6.75. The molecule has 0 aromatic heterocycles. The number of rotatable bonds is 7. The lowest BCUT2D eigenvalue weighted by atomic mass is 9.76. The number of hydrogen-bond donors (Lipinski definition) is 1. The maximum Gasteiger partial charge on any atom is 0.0525 e. The molecule has 1 N–H and O–H groups in total. The van der Waals surface area contributed by atoms with Gasteiger partial charge in [-0.15, -0.1) is 0 Å². The Bertz CT molecular complexity index is 252. The van der Waals surface area contributed by atoms with Crippen LogP contribution in [-0.2, 0) is 0 Å². The lowest BCUT2D eigenvalue weighted by Crippen LogP contribution is -2.24. The van der Waals surface area contributed by atoms with Crippen molar-refractivity contribution in [2.45, 2.75) is 58.8 Å². The summed E-state index contributed by atoms with van der Waals surface area (Å²) in [6.07, 6.45) is 15.1. The van der Waals surface area contributed by atoms with Gasteiger partial charge >= 0.3 is 0 Å². The van der Waals surface area contributed by atoms with Crippen molar-refractivity contribution >= 4 is 0 Å². The van der Waals surface area contributed by atoms with E-state index in [0.29, 0.717) is 6.61 Å². The van der Waals surface area contributed by atoms with E-state index in [1.807, 2.05) is 0 Å². The van der Waals surface area contributed by atoms with E-state index in [1.165, 1.54) is 37.7 Å². The molecule has 1 aliphatic rings. The largest absolute Gasteiger partial charge is 0.395 e. The molecule has 0 saturated heterocycles. The number of aliphatic hydroxyl groups is 1. The van der Waals surface area contributed by atoms with Gasteiger partial charge in [-0.25, -0.2) is 0 Å². The molecule has 1 heteroatoms. The molecule has 0 fully saturated rings. The van der Waals surface area contributed by atoms with E-state index in [1.54, 1.807) is 0 Å². The maximum absolute atomic E-state index is 9.55. The summed E-state index contributed by atoms with van der Waals surface area (Å²) in [5, 5.41) is 9.55. The van der Waals surface area contributed by atoms with Gasteiger partial charge in [0.05, 0.1) is 6.61 Å². The topological polar surface area (TPSA) is 20.2 Å². The van der Waals surface area contributed by atoms with Gasteiger partial charge in [-0.1, -0.05) is 56.9 Å². The first-order valence-electron chi connectivity index (χ1n) is 6.75. The molecule has 1 aliphatic carbocycles. The summed E-state index contributed by atoms with van der Waals surface area (Å²) in [7, 11) is 0. The van der Waals surface area contributed by atoms with Gasteiger partial charge in [-0.2, -0.15) is 0 Å². The molecule has 0 heterocycles. The molecule has 0 saturated carbocycles. The van der Waals surface area contributed by atoms with Crippen LogP contribution in [0.15, 0.2) is 23.8 Å². The predicted molar refractivity (Wildman–Crippen MR) is 70.4 cm³/mol. The third kappa shape index (κ3) is 3.79. The normalized spacial score (nSPS) is 24.6. The minimum Gasteiger partial charge on any atom is -0.395 e. The van der Waals surface area contributed by atoms with E-state index in [0.717, 1.165) is 12.8 Å². The Morgan fingerprint density at radius 2 is 2.00 bits per heavy atom. The summed E-state index contributed by atoms with van der Waals surface area (Å²) in [4.78, 5) is 0. The molecule has 0 aliphatic heterocycles. The quantitative estimate of drug-likeness (QED) is 0.683. The van der Waals surface area contributed by atoms with Crippen LogP contribution in [0, 0.1) is 5.41 Å². The molecule has 1 nitrogen and oxygen atoms in total. The van der Waals surface area contributed by atoms with Crippen molar-refractivity contribution in [2.75, 3.05) is 6.61 Å². The fraction of sp³-hybridized carbons (Fsp3) is 0.733. The lowest BCUT2D eigenvalue weighted by Gasteiger charge is -2.30. The summed E-state index contributed by atoms with van der Waals surface area (Å²) in [5.74, 6) is 0. The van der Waals surface area contributed by atoms with Crippen molar-refractivity contribution < 1.29 is 5.11 Å². The molecular formula is C15H26O. The van der Waals surface area contributed by atoms with Crippen LogP contribution >= 0.6 is 0 Å². The Labute approximate surface area is 100 Å². The summed E-state index contributed by atoms with van der Waals surface area (Å²) < 4.78 is 0. The van der Waals surface area contributed by atoms with E-state index >= 15 is 0 Å². The number of hydrogen-bond acceptors (Lipinski definition) is 1. The highest BCUT2D eigenvalue weighted by Gasteiger charge is 2.26. The Balaban J connectivity index is 2.49. The van der Waals surface area contributed by atoms with E-state index in [4.69, 9.17) is 0 Å². The zero-order valence-electron chi connectivity index (χ0n) is 10.8. The number of aliphatic hydroxyl groups excluding tert-OH is 1. The number of unbranched alkanes of at least 4 members (excludes halogenated alkanes) is 2. The number of allylic oxidation sites excluding steroid dienone is 3. The summed E-state index contributed by atoms with van der Waals surface area (Å²) in [6.45, 7) is 4.73. The second-order valence-corrected chi connectivity index (χ2v) is 5.04. The van der Waals surface area contributed by atoms with Gasteiger partial charge in [0, 0.05) is 5.41 Å². The van der Waals surface area contributed by atoms with Gasteiger partial charge in [0.15, 0.2) is 0 Å². The molecule has 92 valence electrons. The molecule has 0 bridgehead atoms. The molecule has 1 rings (SSSR count). The average molecular weight is 222 g/mol. The van der Waals surface area contributed by atoms with Crippen LogP contribution < -0.4 is 0 Å². The Morgan fingerprint density at radius 3 is 2.50 bits per heavy atom. The SMILES string of the molecule is CCCCC1=CCC(CO)(CCCC)C=C1. The second-order valence-electron chi connectivity index (χ2n) is 5.04. The molecule has 0 amide bonds. The molecule has 0 radical (unpaired) electrons. The Morgan fingerprint density at radius 1 is 1.25 bits per heavy atom. The van der Waals surface area contributed by atoms with Crippen molar-refractivity contribution in [3.63, 3.8) is 0 Å². The van der Waals surface area contributed by atoms with Gasteiger partial charge in [0.25, 0.3) is 0 Å². The Hall–Kier alpha value is -0.560. The average Bonchev–Trinajstić information content (AvgIpc) is 2.35. The first-order chi connectivity index (χ1) is 7.76. The predicted octanol–water partition coefficient (Wildman–Crippen LogP) is 4.23. The highest BCUT2D eigenvalue weighted by atomic mass is 16.3. The first kappa shape index (κ1) is 13.5. The molecule has 0 spiro atoms. The monoisotopic (exact) mass is 222 g/mol. The molecule has 0 aromatic carbocycles. The third-order valence-electron chi connectivity index (χ3n) is 3.58. The standard InChI is InChI=1S/C15H26O/c1-3-5-7-14-8-11-15(13-16,12-9-14)10-6-4-2/h8-9,11,16H,3-7,10,12-13H2,1-2H3. The third-order valence-corrected chi connectivity index (χ3v) is 3.58. The van der Waals surface area contributed by atoms with Crippen LogP contribution in [-0.4, -0.2) is 11.7 Å². The van der Waals surface area contributed by atoms with Crippen LogP contribution in [0.5, 0.6) is 0 Å². The fourth-order valence-corrected chi connectivity index (χ4v) is 2.23. The van der Waals surface area contributed by atoms with Crippen molar-refractivity contribution in [3.8, 4) is 0 Å². The van der Waals surface area contributed by atoms with E-state index in [9.17, 15) is 5.11 Å². The van der Waals surface area contributed by atoms with Crippen LogP contribution in [0.25, 0.3) is 0 Å². The van der Waals surface area contributed by atoms with Crippen molar-refractivity contribution in [2.24, 2.45) is 5.41 Å². The second kappa shape index (κ2) is 6.90. The Kier molecular flexibility index (Phi) is 5.83. The van der Waals surface area contributed by atoms with Gasteiger partial charge in [0.2, 0.25) is 0 Å². The van der Waals surface area contributed by atoms with Crippen LogP contribution in [0.3, 0.4) is 0 Å². The van der Waals surface area contributed by atoms with Gasteiger partial charge < -0.3 is 5.11 Å². The van der Waals surface area contributed by atoms with Crippen molar-refractivity contribution in [3.05, 3.63) is 23.8 Å². The molecule has 16 heavy (non-hydrogen) atoms. The lowest BCUT2D eigenvalue weighted by molar-refractivity contribution is 0.157. The smallest absolute Gasteiger partial charge is 0.0525 e. The molecule has 0 aromatic rings. The summed E-state index contributed by atoms with van der Waals surface area (Å²) in [6, 6.07) is 0. The maximum atomic E-state index is 9.55. The fourth-order valence-electron chi connectivity index (χ4n) is 2.23. The van der Waals surface area contributed by atoms with Crippen molar-refractivity contribution in [1.29, 1.82) is 0 Å². The van der Waals surface area contributed by atoms with Gasteiger partial charge in [0.1, 0.15) is 0 Å². The van der Waals surface area contributed by atoms with Gasteiger partial charge in [-0.05, 0) is 25.7 Å². The van der Waals surface area contributed by atoms with Crippen molar-refractivity contribution in [1.82, 2.24) is 0 Å². The van der Waals surface area contributed by atoms with Crippen LogP contribution in [0.1, 0.15) is 58.8 Å². The molecule has 1 atom stereocenters. The molecule has 1 unspecified atom stereocenters. The van der Waals surface area contributed by atoms with Crippen LogP contribution in [0.4, 0.5) is 0 Å². The van der Waals surface area contributed by atoms with E-state index in [-0.39, 0.29) is 5.41 Å².